The largest absolute Gasteiger partial charge is 0.312 e. The van der Waals surface area contributed by atoms with E-state index in [1.807, 2.05) is 17.0 Å². The number of hydrogen-bond acceptors (Lipinski definition) is 2. The minimum Gasteiger partial charge on any atom is -0.312 e. The molecule has 0 fully saturated rings. The maximum Gasteiger partial charge on any atom is 0.223 e. The van der Waals surface area contributed by atoms with E-state index in [1.165, 1.54) is 11.1 Å². The minimum atomic E-state index is 0.103. The molecular formula is C14H14N2O. The van der Waals surface area contributed by atoms with Crippen LogP contribution in [0, 0.1) is 11.3 Å². The van der Waals surface area contributed by atoms with Gasteiger partial charge in [-0.2, -0.15) is 5.26 Å². The highest BCUT2D eigenvalue weighted by Crippen LogP contribution is 2.45. The zero-order valence-electron chi connectivity index (χ0n) is 9.86. The van der Waals surface area contributed by atoms with Gasteiger partial charge in [0, 0.05) is 25.1 Å². The van der Waals surface area contributed by atoms with E-state index >= 15 is 0 Å². The van der Waals surface area contributed by atoms with E-state index in [9.17, 15) is 4.79 Å². The Bertz CT molecular complexity index is 542. The van der Waals surface area contributed by atoms with Crippen molar-refractivity contribution in [3.8, 4) is 6.07 Å². The van der Waals surface area contributed by atoms with E-state index in [4.69, 9.17) is 5.26 Å². The average molecular weight is 226 g/mol. The lowest BCUT2D eigenvalue weighted by Crippen LogP contribution is -2.26. The van der Waals surface area contributed by atoms with Crippen LogP contribution in [-0.4, -0.2) is 12.5 Å². The van der Waals surface area contributed by atoms with Gasteiger partial charge in [0.15, 0.2) is 0 Å². The van der Waals surface area contributed by atoms with E-state index in [1.54, 1.807) is 6.92 Å². The molecule has 0 saturated heterocycles. The predicted octanol–water partition coefficient (Wildman–Crippen LogP) is 2.34. The van der Waals surface area contributed by atoms with E-state index in [-0.39, 0.29) is 5.91 Å². The molecule has 1 aromatic rings. The third-order valence-electron chi connectivity index (χ3n) is 3.92. The summed E-state index contributed by atoms with van der Waals surface area (Å²) in [6.07, 6.45) is 3.24. The van der Waals surface area contributed by atoms with Crippen molar-refractivity contribution in [3.63, 3.8) is 0 Å². The van der Waals surface area contributed by atoms with Crippen molar-refractivity contribution in [2.45, 2.75) is 32.1 Å². The van der Waals surface area contributed by atoms with Gasteiger partial charge >= 0.3 is 0 Å². The van der Waals surface area contributed by atoms with Gasteiger partial charge in [0.1, 0.15) is 0 Å². The van der Waals surface area contributed by atoms with Crippen molar-refractivity contribution < 1.29 is 4.79 Å². The number of anilines is 1. The summed E-state index contributed by atoms with van der Waals surface area (Å²) in [6, 6.07) is 6.06. The molecule has 3 heteroatoms. The van der Waals surface area contributed by atoms with E-state index in [2.05, 4.69) is 6.07 Å². The monoisotopic (exact) mass is 226 g/mol. The average Bonchev–Trinajstić information content (AvgIpc) is 2.71. The summed E-state index contributed by atoms with van der Waals surface area (Å²) >= 11 is 0. The second-order valence-corrected chi connectivity index (χ2v) is 4.86. The molecule has 17 heavy (non-hydrogen) atoms. The van der Waals surface area contributed by atoms with E-state index < -0.39 is 0 Å². The number of benzene rings is 1. The summed E-state index contributed by atoms with van der Waals surface area (Å²) in [4.78, 5) is 13.5. The van der Waals surface area contributed by atoms with E-state index in [0.717, 1.165) is 37.1 Å². The smallest absolute Gasteiger partial charge is 0.223 e. The predicted molar refractivity (Wildman–Crippen MR) is 64.9 cm³/mol. The van der Waals surface area contributed by atoms with Gasteiger partial charge in [-0.25, -0.2) is 0 Å². The van der Waals surface area contributed by atoms with Crippen LogP contribution in [0.1, 0.15) is 42.4 Å². The number of carbonyl (C=O) groups excluding carboxylic acids is 1. The molecule has 1 aliphatic carbocycles. The van der Waals surface area contributed by atoms with Gasteiger partial charge in [-0.05, 0) is 42.5 Å². The molecule has 0 saturated carbocycles. The van der Waals surface area contributed by atoms with Gasteiger partial charge in [0.25, 0.3) is 0 Å². The molecule has 1 atom stereocenters. The highest BCUT2D eigenvalue weighted by atomic mass is 16.2. The lowest BCUT2D eigenvalue weighted by molar-refractivity contribution is -0.116. The highest BCUT2D eigenvalue weighted by molar-refractivity contribution is 5.94. The normalized spacial score (nSPS) is 20.9. The molecule has 0 N–H and O–H groups in total. The summed E-state index contributed by atoms with van der Waals surface area (Å²) in [6.45, 7) is 2.41. The molecule has 1 amide bonds. The summed E-state index contributed by atoms with van der Waals surface area (Å²) in [5.74, 6) is 0.553. The molecule has 0 radical (unpaired) electrons. The molecule has 1 unspecified atom stereocenters. The Morgan fingerprint density at radius 1 is 1.53 bits per heavy atom. The molecule has 3 nitrogen and oxygen atoms in total. The topological polar surface area (TPSA) is 44.1 Å². The van der Waals surface area contributed by atoms with Crippen LogP contribution in [0.4, 0.5) is 5.69 Å². The Hall–Kier alpha value is -1.82. The Morgan fingerprint density at radius 2 is 2.35 bits per heavy atom. The van der Waals surface area contributed by atoms with Crippen LogP contribution in [0.2, 0.25) is 0 Å². The van der Waals surface area contributed by atoms with Crippen molar-refractivity contribution in [3.05, 3.63) is 28.8 Å². The van der Waals surface area contributed by atoms with Gasteiger partial charge in [-0.15, -0.1) is 0 Å². The Kier molecular flexibility index (Phi) is 2.19. The molecule has 2 aliphatic rings. The lowest BCUT2D eigenvalue weighted by Gasteiger charge is -2.20. The first-order chi connectivity index (χ1) is 8.22. The SMILES string of the molecule is CC(=O)N1CC2CCCc3c(C#N)ccc1c32. The van der Waals surface area contributed by atoms with Crippen LogP contribution < -0.4 is 4.90 Å². The molecule has 1 heterocycles. The van der Waals surface area contributed by atoms with Gasteiger partial charge in [-0.1, -0.05) is 0 Å². The van der Waals surface area contributed by atoms with Crippen molar-refractivity contribution in [2.24, 2.45) is 0 Å². The fraction of sp³-hybridized carbons (Fsp3) is 0.429. The molecular weight excluding hydrogens is 212 g/mol. The number of nitriles is 1. The molecule has 0 bridgehead atoms. The third-order valence-corrected chi connectivity index (χ3v) is 3.92. The second kappa shape index (κ2) is 3.59. The summed E-state index contributed by atoms with van der Waals surface area (Å²) < 4.78 is 0. The van der Waals surface area contributed by atoms with Crippen LogP contribution in [0.3, 0.4) is 0 Å². The van der Waals surface area contributed by atoms with Gasteiger partial charge in [-0.3, -0.25) is 4.79 Å². The first-order valence-corrected chi connectivity index (χ1v) is 6.06. The fourth-order valence-corrected chi connectivity index (χ4v) is 3.19. The minimum absolute atomic E-state index is 0.103. The van der Waals surface area contributed by atoms with Gasteiger partial charge in [0.05, 0.1) is 11.6 Å². The van der Waals surface area contributed by atoms with Gasteiger partial charge < -0.3 is 4.90 Å². The fourth-order valence-electron chi connectivity index (χ4n) is 3.19. The van der Waals surface area contributed by atoms with Crippen LogP contribution >= 0.6 is 0 Å². The quantitative estimate of drug-likeness (QED) is 0.681. The Labute approximate surface area is 101 Å². The molecule has 1 aromatic carbocycles. The van der Waals surface area contributed by atoms with Crippen molar-refractivity contribution in [1.82, 2.24) is 0 Å². The van der Waals surface area contributed by atoms with Gasteiger partial charge in [0.2, 0.25) is 5.91 Å². The standard InChI is InChI=1S/C14H14N2O/c1-9(17)16-8-11-3-2-4-12-10(7-15)5-6-13(16)14(11)12/h5-6,11H,2-4,8H2,1H3. The lowest BCUT2D eigenvalue weighted by atomic mass is 9.82. The molecule has 1 aliphatic heterocycles. The number of amides is 1. The van der Waals surface area contributed by atoms with Crippen LogP contribution in [0.25, 0.3) is 0 Å². The Morgan fingerprint density at radius 3 is 3.06 bits per heavy atom. The number of carbonyl (C=O) groups is 1. The number of nitrogens with zero attached hydrogens (tertiary/aromatic N) is 2. The van der Waals surface area contributed by atoms with Crippen LogP contribution in [0.5, 0.6) is 0 Å². The first-order valence-electron chi connectivity index (χ1n) is 6.06. The maximum absolute atomic E-state index is 11.6. The summed E-state index contributed by atoms with van der Waals surface area (Å²) in [5, 5.41) is 9.14. The summed E-state index contributed by atoms with van der Waals surface area (Å²) in [5.41, 5.74) is 4.28. The molecule has 0 spiro atoms. The molecule has 3 rings (SSSR count). The molecule has 0 aromatic heterocycles. The maximum atomic E-state index is 11.6. The van der Waals surface area contributed by atoms with Crippen molar-refractivity contribution in [1.29, 1.82) is 5.26 Å². The first kappa shape index (κ1) is 10.3. The van der Waals surface area contributed by atoms with Crippen LogP contribution in [-0.2, 0) is 11.2 Å². The zero-order valence-corrected chi connectivity index (χ0v) is 9.86. The third kappa shape index (κ3) is 1.37. The van der Waals surface area contributed by atoms with Crippen molar-refractivity contribution in [2.75, 3.05) is 11.4 Å². The second-order valence-electron chi connectivity index (χ2n) is 4.86. The Balaban J connectivity index is 2.22. The van der Waals surface area contributed by atoms with Crippen LogP contribution in [0.15, 0.2) is 12.1 Å². The van der Waals surface area contributed by atoms with E-state index in [0.29, 0.717) is 5.92 Å². The number of hydrogen-bond donors (Lipinski definition) is 0. The summed E-state index contributed by atoms with van der Waals surface area (Å²) in [7, 11) is 0. The molecule has 86 valence electrons. The highest BCUT2D eigenvalue weighted by Gasteiger charge is 2.35. The number of rotatable bonds is 0. The zero-order chi connectivity index (χ0) is 12.0. The van der Waals surface area contributed by atoms with Crippen molar-refractivity contribution >= 4 is 11.6 Å².